The van der Waals surface area contributed by atoms with E-state index >= 15 is 0 Å². The van der Waals surface area contributed by atoms with Crippen LogP contribution < -0.4 is 0 Å². The number of carbonyl (C=O) groups excluding carboxylic acids is 1. The monoisotopic (exact) mass is 321 g/mol. The highest BCUT2D eigenvalue weighted by Crippen LogP contribution is 2.24. The summed E-state index contributed by atoms with van der Waals surface area (Å²) in [5, 5.41) is 4.39. The van der Waals surface area contributed by atoms with E-state index in [-0.39, 0.29) is 17.6 Å². The highest BCUT2D eigenvalue weighted by Gasteiger charge is 2.31. The molecule has 2 aliphatic heterocycles. The minimum absolute atomic E-state index is 0.109. The Bertz CT molecular complexity index is 537. The topological polar surface area (TPSA) is 56.6 Å². The molecule has 1 aromatic heterocycles. The molecule has 0 N–H and O–H groups in total. The molecular weight excluding hydrogens is 294 g/mol. The van der Waals surface area contributed by atoms with E-state index in [1.54, 1.807) is 0 Å². The molecule has 0 radical (unpaired) electrons. The van der Waals surface area contributed by atoms with Gasteiger partial charge < -0.3 is 14.4 Å². The number of piperidine rings is 1. The molecule has 2 aliphatic rings. The normalized spacial score (nSPS) is 25.5. The summed E-state index contributed by atoms with van der Waals surface area (Å²) in [6.07, 6.45) is 6.20. The number of carbonyl (C=O) groups is 1. The van der Waals surface area contributed by atoms with Crippen molar-refractivity contribution in [3.63, 3.8) is 0 Å². The molecule has 1 amide bonds. The predicted molar refractivity (Wildman–Crippen MR) is 86.2 cm³/mol. The molecule has 1 atom stereocenters. The van der Waals surface area contributed by atoms with Crippen LogP contribution in [-0.2, 0) is 14.3 Å². The minimum Gasteiger partial charge on any atom is -0.372 e. The van der Waals surface area contributed by atoms with Crippen molar-refractivity contribution < 1.29 is 14.3 Å². The third-order valence-corrected chi connectivity index (χ3v) is 4.65. The maximum atomic E-state index is 12.4. The Morgan fingerprint density at radius 2 is 2.13 bits per heavy atom. The molecule has 2 saturated heterocycles. The second-order valence-electron chi connectivity index (χ2n) is 7.32. The average Bonchev–Trinajstić information content (AvgIpc) is 2.96. The van der Waals surface area contributed by atoms with Crippen molar-refractivity contribution in [3.05, 3.63) is 18.0 Å². The first-order valence-electron chi connectivity index (χ1n) is 8.47. The first-order chi connectivity index (χ1) is 10.9. The van der Waals surface area contributed by atoms with Crippen LogP contribution in [0.1, 0.15) is 44.7 Å². The van der Waals surface area contributed by atoms with Gasteiger partial charge in [-0.3, -0.25) is 9.48 Å². The van der Waals surface area contributed by atoms with Crippen LogP contribution in [0, 0.1) is 6.92 Å². The van der Waals surface area contributed by atoms with Gasteiger partial charge in [-0.2, -0.15) is 5.10 Å². The third kappa shape index (κ3) is 4.12. The second-order valence-corrected chi connectivity index (χ2v) is 7.32. The van der Waals surface area contributed by atoms with Gasteiger partial charge in [0, 0.05) is 19.3 Å². The summed E-state index contributed by atoms with van der Waals surface area (Å²) in [5.41, 5.74) is 0.945. The van der Waals surface area contributed by atoms with Gasteiger partial charge in [0.15, 0.2) is 0 Å². The standard InChI is InChI=1S/C17H27N3O3/c1-13-9-18-20(10-13)14-4-6-19(7-5-14)16(21)8-15-11-23-17(2,3)12-22-15/h9-10,14-15H,4-8,11-12H2,1-3H3. The zero-order valence-electron chi connectivity index (χ0n) is 14.3. The van der Waals surface area contributed by atoms with E-state index in [0.717, 1.165) is 25.9 Å². The van der Waals surface area contributed by atoms with Gasteiger partial charge in [-0.15, -0.1) is 0 Å². The first kappa shape index (κ1) is 16.5. The van der Waals surface area contributed by atoms with E-state index in [0.29, 0.717) is 25.7 Å². The van der Waals surface area contributed by atoms with Crippen LogP contribution in [0.4, 0.5) is 0 Å². The van der Waals surface area contributed by atoms with Crippen LogP contribution in [-0.4, -0.2) is 58.6 Å². The molecule has 0 aromatic carbocycles. The van der Waals surface area contributed by atoms with E-state index in [4.69, 9.17) is 9.47 Å². The van der Waals surface area contributed by atoms with E-state index in [2.05, 4.69) is 18.2 Å². The number of amides is 1. The Balaban J connectivity index is 1.45. The van der Waals surface area contributed by atoms with Gasteiger partial charge in [-0.1, -0.05) is 0 Å². The molecule has 0 saturated carbocycles. The van der Waals surface area contributed by atoms with Gasteiger partial charge in [-0.05, 0) is 39.2 Å². The first-order valence-corrected chi connectivity index (χ1v) is 8.47. The molecule has 128 valence electrons. The van der Waals surface area contributed by atoms with Gasteiger partial charge in [0.25, 0.3) is 0 Å². The quantitative estimate of drug-likeness (QED) is 0.854. The SMILES string of the molecule is Cc1cnn(C2CCN(C(=O)CC3COC(C)(C)CO3)CC2)c1. The van der Waals surface area contributed by atoms with Crippen molar-refractivity contribution in [1.82, 2.24) is 14.7 Å². The van der Waals surface area contributed by atoms with E-state index < -0.39 is 0 Å². The van der Waals surface area contributed by atoms with Crippen molar-refractivity contribution in [2.75, 3.05) is 26.3 Å². The summed E-state index contributed by atoms with van der Waals surface area (Å²) in [4.78, 5) is 14.4. The molecule has 0 aliphatic carbocycles. The molecule has 0 spiro atoms. The lowest BCUT2D eigenvalue weighted by atomic mass is 10.0. The molecule has 6 nitrogen and oxygen atoms in total. The van der Waals surface area contributed by atoms with Gasteiger partial charge in [0.1, 0.15) is 0 Å². The summed E-state index contributed by atoms with van der Waals surface area (Å²) in [6, 6.07) is 0.405. The van der Waals surface area contributed by atoms with Crippen LogP contribution in [0.15, 0.2) is 12.4 Å². The minimum atomic E-state index is -0.236. The molecule has 0 bridgehead atoms. The van der Waals surface area contributed by atoms with Crippen LogP contribution in [0.5, 0.6) is 0 Å². The maximum Gasteiger partial charge on any atom is 0.225 e. The Kier molecular flexibility index (Phi) is 4.73. The number of hydrogen-bond donors (Lipinski definition) is 0. The molecule has 6 heteroatoms. The Hall–Kier alpha value is -1.40. The lowest BCUT2D eigenvalue weighted by Crippen LogP contribution is -2.46. The highest BCUT2D eigenvalue weighted by molar-refractivity contribution is 5.76. The fraction of sp³-hybridized carbons (Fsp3) is 0.765. The van der Waals surface area contributed by atoms with E-state index in [1.165, 1.54) is 5.56 Å². The molecule has 3 rings (SSSR count). The summed E-state index contributed by atoms with van der Waals surface area (Å²) >= 11 is 0. The van der Waals surface area contributed by atoms with Crippen molar-refractivity contribution >= 4 is 5.91 Å². The van der Waals surface area contributed by atoms with Gasteiger partial charge in [-0.25, -0.2) is 0 Å². The Labute approximate surface area is 137 Å². The van der Waals surface area contributed by atoms with Crippen LogP contribution in [0.3, 0.4) is 0 Å². The molecule has 1 unspecified atom stereocenters. The summed E-state index contributed by atoms with van der Waals surface area (Å²) in [6.45, 7) is 8.70. The second kappa shape index (κ2) is 6.61. The molecule has 23 heavy (non-hydrogen) atoms. The van der Waals surface area contributed by atoms with Gasteiger partial charge in [0.2, 0.25) is 5.91 Å². The fourth-order valence-corrected chi connectivity index (χ4v) is 3.18. The lowest BCUT2D eigenvalue weighted by Gasteiger charge is -2.36. The summed E-state index contributed by atoms with van der Waals surface area (Å²) in [7, 11) is 0. The lowest BCUT2D eigenvalue weighted by molar-refractivity contribution is -0.180. The predicted octanol–water partition coefficient (Wildman–Crippen LogP) is 1.94. The number of rotatable bonds is 3. The molecular formula is C17H27N3O3. The molecule has 1 aromatic rings. The van der Waals surface area contributed by atoms with Crippen LogP contribution >= 0.6 is 0 Å². The molecule has 2 fully saturated rings. The van der Waals surface area contributed by atoms with Crippen molar-refractivity contribution in [1.29, 1.82) is 0 Å². The smallest absolute Gasteiger partial charge is 0.225 e. The number of aromatic nitrogens is 2. The fourth-order valence-electron chi connectivity index (χ4n) is 3.18. The van der Waals surface area contributed by atoms with Gasteiger partial charge in [0.05, 0.1) is 43.6 Å². The maximum absolute atomic E-state index is 12.4. The number of aryl methyl sites for hydroxylation is 1. The van der Waals surface area contributed by atoms with Crippen LogP contribution in [0.2, 0.25) is 0 Å². The number of nitrogens with zero attached hydrogens (tertiary/aromatic N) is 3. The number of likely N-dealkylation sites (tertiary alicyclic amines) is 1. The number of ether oxygens (including phenoxy) is 2. The zero-order chi connectivity index (χ0) is 16.4. The highest BCUT2D eigenvalue weighted by atomic mass is 16.6. The van der Waals surface area contributed by atoms with Crippen molar-refractivity contribution in [2.24, 2.45) is 0 Å². The summed E-state index contributed by atoms with van der Waals surface area (Å²) < 4.78 is 13.5. The van der Waals surface area contributed by atoms with Crippen molar-refractivity contribution in [3.8, 4) is 0 Å². The number of hydrogen-bond acceptors (Lipinski definition) is 4. The summed E-state index contributed by atoms with van der Waals surface area (Å²) in [5.74, 6) is 0.174. The van der Waals surface area contributed by atoms with Gasteiger partial charge >= 0.3 is 0 Å². The Morgan fingerprint density at radius 1 is 1.39 bits per heavy atom. The average molecular weight is 321 g/mol. The van der Waals surface area contributed by atoms with Crippen molar-refractivity contribution in [2.45, 2.75) is 57.8 Å². The zero-order valence-corrected chi connectivity index (χ0v) is 14.3. The van der Waals surface area contributed by atoms with Crippen LogP contribution in [0.25, 0.3) is 0 Å². The molecule has 3 heterocycles. The largest absolute Gasteiger partial charge is 0.372 e. The van der Waals surface area contributed by atoms with E-state index in [1.807, 2.05) is 29.6 Å². The Morgan fingerprint density at radius 3 is 2.70 bits per heavy atom. The third-order valence-electron chi connectivity index (χ3n) is 4.65. The van der Waals surface area contributed by atoms with E-state index in [9.17, 15) is 4.79 Å².